The van der Waals surface area contributed by atoms with E-state index in [9.17, 15) is 45.6 Å². The highest BCUT2D eigenvalue weighted by molar-refractivity contribution is 5.76. The topological polar surface area (TPSA) is 228 Å². The molecule has 590 valence electrons. The van der Waals surface area contributed by atoms with Crippen LogP contribution < -0.4 is 5.32 Å². The highest BCUT2D eigenvalue weighted by Gasteiger charge is 2.51. The fourth-order valence-corrected chi connectivity index (χ4v) is 15.2. The van der Waals surface area contributed by atoms with Crippen LogP contribution in [0.3, 0.4) is 0 Å². The third kappa shape index (κ3) is 52.6. The van der Waals surface area contributed by atoms with Crippen LogP contribution in [0.4, 0.5) is 0 Å². The normalized spacial score (nSPS) is 21.8. The first-order chi connectivity index (χ1) is 48.6. The first-order valence-electron chi connectivity index (χ1n) is 43.8. The number of rotatable bonds is 76. The number of carbonyl (C=O) groups is 1. The van der Waals surface area contributed by atoms with Gasteiger partial charge in [-0.25, -0.2) is 0 Å². The molecule has 14 nitrogen and oxygen atoms in total. The maximum Gasteiger partial charge on any atom is 0.220 e. The number of nitrogens with one attached hydrogen (secondary N) is 1. The van der Waals surface area contributed by atoms with Gasteiger partial charge in [0.2, 0.25) is 5.91 Å². The molecule has 2 heterocycles. The number of aliphatic hydroxyl groups is 8. The molecule has 14 heteroatoms. The van der Waals surface area contributed by atoms with E-state index in [-0.39, 0.29) is 12.5 Å². The molecular weight excluding hydrogens is 1240 g/mol. The molecule has 2 fully saturated rings. The van der Waals surface area contributed by atoms with Crippen LogP contribution in [0.5, 0.6) is 0 Å². The Labute approximate surface area is 610 Å². The van der Waals surface area contributed by atoms with E-state index in [4.69, 9.17) is 18.9 Å². The Bertz CT molecular complexity index is 1660. The zero-order valence-corrected chi connectivity index (χ0v) is 65.0. The lowest BCUT2D eigenvalue weighted by molar-refractivity contribution is -0.359. The van der Waals surface area contributed by atoms with Crippen LogP contribution in [-0.2, 0) is 23.7 Å². The van der Waals surface area contributed by atoms with Crippen LogP contribution in [0.1, 0.15) is 444 Å². The molecule has 2 saturated heterocycles. The summed E-state index contributed by atoms with van der Waals surface area (Å²) in [6, 6.07) is -0.826. The standard InChI is InChI=1S/C85H167NO13/c1-3-5-7-9-11-13-15-17-19-21-23-25-27-29-30-31-32-33-34-35-36-37-38-39-40-41-42-43-45-47-49-51-53-55-57-59-61-63-65-67-69-77(90)86-73(72-96-84-82(95)80(93)83(76(71-88)98-84)99-85-81(94)79(92)78(91)75(70-87)97-85)74(89)68-66-64-62-60-58-56-54-52-50-48-46-44-28-26-24-22-20-18-16-14-12-10-8-6-4-2/h73-76,78-85,87-89,91-95H,3-72H2,1-2H3,(H,86,90). The Morgan fingerprint density at radius 3 is 0.859 bits per heavy atom. The smallest absolute Gasteiger partial charge is 0.220 e. The van der Waals surface area contributed by atoms with Crippen molar-refractivity contribution in [3.05, 3.63) is 0 Å². The van der Waals surface area contributed by atoms with Crippen molar-refractivity contribution in [2.45, 2.75) is 518 Å². The minimum atomic E-state index is -1.78. The molecule has 12 unspecified atom stereocenters. The van der Waals surface area contributed by atoms with Gasteiger partial charge in [0.1, 0.15) is 48.8 Å². The van der Waals surface area contributed by atoms with E-state index in [1.165, 1.54) is 366 Å². The summed E-state index contributed by atoms with van der Waals surface area (Å²) in [6.07, 6.45) is 71.8. The van der Waals surface area contributed by atoms with Gasteiger partial charge in [-0.15, -0.1) is 0 Å². The zero-order valence-electron chi connectivity index (χ0n) is 65.0. The van der Waals surface area contributed by atoms with E-state index in [0.717, 1.165) is 51.4 Å². The third-order valence-electron chi connectivity index (χ3n) is 22.1. The summed E-state index contributed by atoms with van der Waals surface area (Å²) in [5.41, 5.74) is 0. The van der Waals surface area contributed by atoms with Crippen LogP contribution in [0.2, 0.25) is 0 Å². The maximum absolute atomic E-state index is 13.4. The first kappa shape index (κ1) is 94.1. The molecule has 2 rings (SSSR count). The Kier molecular flexibility index (Phi) is 66.5. The quantitative estimate of drug-likeness (QED) is 0.0259. The van der Waals surface area contributed by atoms with Crippen molar-refractivity contribution in [1.29, 1.82) is 0 Å². The Balaban J connectivity index is 1.53. The van der Waals surface area contributed by atoms with Crippen molar-refractivity contribution in [2.75, 3.05) is 19.8 Å². The van der Waals surface area contributed by atoms with Gasteiger partial charge in [0.15, 0.2) is 12.6 Å². The van der Waals surface area contributed by atoms with Crippen molar-refractivity contribution in [3.8, 4) is 0 Å². The van der Waals surface area contributed by atoms with Gasteiger partial charge in [-0.2, -0.15) is 0 Å². The zero-order chi connectivity index (χ0) is 71.5. The lowest BCUT2D eigenvalue weighted by atomic mass is 9.97. The molecule has 0 aromatic heterocycles. The maximum atomic E-state index is 13.4. The van der Waals surface area contributed by atoms with Gasteiger partial charge < -0.3 is 65.1 Å². The SMILES string of the molecule is CCCCCCCCCCCCCCCCCCCCCCCCCCCCCCCCCCCCCCCCCCC(=O)NC(COC1OC(CO)C(OC2OC(CO)C(O)C(O)C2O)C(O)C1O)C(O)CCCCCCCCCCCCCCCCCCCCCCCCCCC. The number of unbranched alkanes of at least 4 members (excludes halogenated alkanes) is 63. The fourth-order valence-electron chi connectivity index (χ4n) is 15.2. The monoisotopic (exact) mass is 1410 g/mol. The minimum Gasteiger partial charge on any atom is -0.394 e. The van der Waals surface area contributed by atoms with Crippen LogP contribution in [0, 0.1) is 0 Å². The Hall–Kier alpha value is -1.01. The molecule has 0 bridgehead atoms. The highest BCUT2D eigenvalue weighted by Crippen LogP contribution is 2.31. The minimum absolute atomic E-state index is 0.194. The Morgan fingerprint density at radius 1 is 0.323 bits per heavy atom. The van der Waals surface area contributed by atoms with Crippen molar-refractivity contribution in [2.24, 2.45) is 0 Å². The molecule has 0 aliphatic carbocycles. The van der Waals surface area contributed by atoms with Crippen molar-refractivity contribution in [3.63, 3.8) is 0 Å². The molecule has 0 spiro atoms. The molecule has 12 atom stereocenters. The van der Waals surface area contributed by atoms with Gasteiger partial charge in [-0.1, -0.05) is 425 Å². The van der Waals surface area contributed by atoms with E-state index in [1.54, 1.807) is 0 Å². The third-order valence-corrected chi connectivity index (χ3v) is 22.1. The second-order valence-corrected chi connectivity index (χ2v) is 31.4. The van der Waals surface area contributed by atoms with E-state index in [0.29, 0.717) is 12.8 Å². The number of hydrogen-bond donors (Lipinski definition) is 9. The summed E-state index contributed by atoms with van der Waals surface area (Å²) in [5, 5.41) is 87.9. The molecular formula is C85H167NO13. The van der Waals surface area contributed by atoms with Crippen LogP contribution in [0.15, 0.2) is 0 Å². The second kappa shape index (κ2) is 70.0. The number of hydrogen-bond acceptors (Lipinski definition) is 13. The van der Waals surface area contributed by atoms with Crippen LogP contribution >= 0.6 is 0 Å². The van der Waals surface area contributed by atoms with Gasteiger partial charge >= 0.3 is 0 Å². The molecule has 1 amide bonds. The van der Waals surface area contributed by atoms with E-state index in [1.807, 2.05) is 0 Å². The van der Waals surface area contributed by atoms with Crippen molar-refractivity contribution < 1.29 is 64.6 Å². The number of aliphatic hydroxyl groups excluding tert-OH is 8. The predicted molar refractivity (Wildman–Crippen MR) is 411 cm³/mol. The second-order valence-electron chi connectivity index (χ2n) is 31.4. The van der Waals surface area contributed by atoms with Crippen LogP contribution in [-0.4, -0.2) is 140 Å². The molecule has 0 radical (unpaired) electrons. The molecule has 0 aromatic rings. The highest BCUT2D eigenvalue weighted by atomic mass is 16.7. The van der Waals surface area contributed by atoms with Gasteiger partial charge in [0.25, 0.3) is 0 Å². The lowest BCUT2D eigenvalue weighted by Gasteiger charge is -2.46. The summed E-state index contributed by atoms with van der Waals surface area (Å²) in [5.74, 6) is -0.194. The molecule has 2 aliphatic rings. The summed E-state index contributed by atoms with van der Waals surface area (Å²) >= 11 is 0. The van der Waals surface area contributed by atoms with Gasteiger partial charge in [-0.3, -0.25) is 4.79 Å². The number of carbonyl (C=O) groups excluding carboxylic acids is 1. The van der Waals surface area contributed by atoms with Gasteiger partial charge in [0, 0.05) is 6.42 Å². The molecule has 0 aromatic carbocycles. The lowest BCUT2D eigenvalue weighted by Crippen LogP contribution is -2.65. The van der Waals surface area contributed by atoms with E-state index >= 15 is 0 Å². The summed E-state index contributed by atoms with van der Waals surface area (Å²) in [7, 11) is 0. The molecule has 99 heavy (non-hydrogen) atoms. The first-order valence-corrected chi connectivity index (χ1v) is 43.8. The average molecular weight is 1410 g/mol. The average Bonchev–Trinajstić information content (AvgIpc) is 0.793. The fraction of sp³-hybridized carbons (Fsp3) is 0.988. The largest absolute Gasteiger partial charge is 0.394 e. The number of amides is 1. The summed E-state index contributed by atoms with van der Waals surface area (Å²) in [4.78, 5) is 13.4. The van der Waals surface area contributed by atoms with Gasteiger partial charge in [-0.05, 0) is 12.8 Å². The van der Waals surface area contributed by atoms with Crippen molar-refractivity contribution in [1.82, 2.24) is 5.32 Å². The number of ether oxygens (including phenoxy) is 4. The Morgan fingerprint density at radius 2 is 0.576 bits per heavy atom. The predicted octanol–water partition coefficient (Wildman–Crippen LogP) is 20.6. The summed E-state index contributed by atoms with van der Waals surface area (Å²) < 4.78 is 23.0. The molecule has 0 saturated carbocycles. The molecule has 9 N–H and O–H groups in total. The summed E-state index contributed by atoms with van der Waals surface area (Å²) in [6.45, 7) is 2.95. The van der Waals surface area contributed by atoms with Crippen molar-refractivity contribution >= 4 is 5.91 Å². The van der Waals surface area contributed by atoms with Gasteiger partial charge in [0.05, 0.1) is 32.0 Å². The van der Waals surface area contributed by atoms with E-state index < -0.39 is 86.8 Å². The van der Waals surface area contributed by atoms with E-state index in [2.05, 4.69) is 19.2 Å². The molecule has 2 aliphatic heterocycles. The van der Waals surface area contributed by atoms with Crippen LogP contribution in [0.25, 0.3) is 0 Å².